The molecule has 2 saturated heterocycles. The van der Waals surface area contributed by atoms with E-state index in [1.807, 2.05) is 42.2 Å². The van der Waals surface area contributed by atoms with Crippen LogP contribution in [-0.4, -0.2) is 46.7 Å². The van der Waals surface area contributed by atoms with E-state index >= 15 is 0 Å². The Labute approximate surface area is 142 Å². The van der Waals surface area contributed by atoms with Crippen molar-refractivity contribution in [2.24, 2.45) is 0 Å². The Morgan fingerprint density at radius 3 is 2.75 bits per heavy atom. The third kappa shape index (κ3) is 2.84. The van der Waals surface area contributed by atoms with Gasteiger partial charge in [0.2, 0.25) is 5.91 Å². The number of aromatic nitrogens is 2. The summed E-state index contributed by atoms with van der Waals surface area (Å²) < 4.78 is 0. The molecule has 1 aromatic heterocycles. The van der Waals surface area contributed by atoms with Crippen LogP contribution in [0.4, 0.5) is 5.69 Å². The van der Waals surface area contributed by atoms with Gasteiger partial charge in [0.05, 0.1) is 11.7 Å². The molecule has 2 aromatic rings. The second kappa shape index (κ2) is 6.40. The van der Waals surface area contributed by atoms with Crippen molar-refractivity contribution < 1.29 is 4.79 Å². The predicted molar refractivity (Wildman–Crippen MR) is 94.1 cm³/mol. The molecule has 0 aliphatic carbocycles. The molecule has 2 aliphatic heterocycles. The Morgan fingerprint density at radius 2 is 2.00 bits per heavy atom. The van der Waals surface area contributed by atoms with Gasteiger partial charge >= 0.3 is 0 Å². The summed E-state index contributed by atoms with van der Waals surface area (Å²) in [6.45, 7) is 4.80. The molecule has 24 heavy (non-hydrogen) atoms. The Balaban J connectivity index is 1.47. The topological polar surface area (TPSA) is 52.2 Å². The van der Waals surface area contributed by atoms with Gasteiger partial charge in [-0.15, -0.1) is 0 Å². The molecule has 2 fully saturated rings. The Bertz CT molecular complexity index is 711. The van der Waals surface area contributed by atoms with Crippen LogP contribution < -0.4 is 4.90 Å². The highest BCUT2D eigenvalue weighted by Gasteiger charge is 2.38. The zero-order valence-corrected chi connectivity index (χ0v) is 14.1. The van der Waals surface area contributed by atoms with Gasteiger partial charge in [0.25, 0.3) is 0 Å². The number of aromatic amines is 1. The summed E-state index contributed by atoms with van der Waals surface area (Å²) in [6, 6.07) is 12.2. The van der Waals surface area contributed by atoms with Gasteiger partial charge in [0, 0.05) is 30.4 Å². The molecule has 126 valence electrons. The lowest BCUT2D eigenvalue weighted by molar-refractivity contribution is -0.122. The van der Waals surface area contributed by atoms with Crippen molar-refractivity contribution in [1.82, 2.24) is 15.1 Å². The quantitative estimate of drug-likeness (QED) is 0.944. The summed E-state index contributed by atoms with van der Waals surface area (Å²) in [7, 11) is 0. The molecule has 3 heterocycles. The molecule has 0 radical (unpaired) electrons. The zero-order valence-electron chi connectivity index (χ0n) is 14.1. The third-order valence-electron chi connectivity index (χ3n) is 5.28. The van der Waals surface area contributed by atoms with Crippen molar-refractivity contribution in [3.05, 3.63) is 47.8 Å². The summed E-state index contributed by atoms with van der Waals surface area (Å²) in [4.78, 5) is 17.2. The average molecular weight is 324 g/mol. The van der Waals surface area contributed by atoms with Gasteiger partial charge in [-0.3, -0.25) is 14.8 Å². The van der Waals surface area contributed by atoms with Crippen molar-refractivity contribution in [2.45, 2.75) is 38.1 Å². The molecule has 0 saturated carbocycles. The smallest absolute Gasteiger partial charge is 0.244 e. The molecule has 5 nitrogen and oxygen atoms in total. The second-order valence-electron chi connectivity index (χ2n) is 6.94. The second-order valence-corrected chi connectivity index (χ2v) is 6.94. The first-order chi connectivity index (χ1) is 11.7. The number of likely N-dealkylation sites (tertiary alicyclic amines) is 1. The van der Waals surface area contributed by atoms with Crippen molar-refractivity contribution in [2.75, 3.05) is 24.5 Å². The molecule has 4 rings (SSSR count). The lowest BCUT2D eigenvalue weighted by Gasteiger charge is -2.35. The highest BCUT2D eigenvalue weighted by atomic mass is 16.2. The van der Waals surface area contributed by atoms with Crippen LogP contribution in [0.15, 0.2) is 36.4 Å². The molecular weight excluding hydrogens is 300 g/mol. The summed E-state index contributed by atoms with van der Waals surface area (Å²) in [6.07, 6.45) is 3.20. The average Bonchev–Trinajstić information content (AvgIpc) is 3.22. The molecule has 0 spiro atoms. The number of carbonyl (C=O) groups excluding carboxylic acids is 1. The van der Waals surface area contributed by atoms with Crippen LogP contribution in [0, 0.1) is 6.92 Å². The summed E-state index contributed by atoms with van der Waals surface area (Å²) in [5.74, 6) is 0.683. The first-order valence-electron chi connectivity index (χ1n) is 8.85. The monoisotopic (exact) mass is 324 g/mol. The fourth-order valence-electron chi connectivity index (χ4n) is 4.05. The SMILES string of the molecule is Cc1cc([C@H]2CCCN([C@H]3CCN(c4ccccc4)C3=O)C2)n[nH]1. The van der Waals surface area contributed by atoms with Crippen molar-refractivity contribution in [3.8, 4) is 0 Å². The minimum Gasteiger partial charge on any atom is -0.311 e. The number of nitrogens with one attached hydrogen (secondary N) is 1. The van der Waals surface area contributed by atoms with Crippen LogP contribution in [0.2, 0.25) is 0 Å². The van der Waals surface area contributed by atoms with Crippen molar-refractivity contribution >= 4 is 11.6 Å². The number of nitrogens with zero attached hydrogens (tertiary/aromatic N) is 3. The Hall–Kier alpha value is -2.14. The van der Waals surface area contributed by atoms with Gasteiger partial charge in [0.1, 0.15) is 0 Å². The Kier molecular flexibility index (Phi) is 4.10. The number of carbonyl (C=O) groups is 1. The number of anilines is 1. The van der Waals surface area contributed by atoms with Gasteiger partial charge < -0.3 is 4.90 Å². The van der Waals surface area contributed by atoms with Gasteiger partial charge in [-0.2, -0.15) is 5.10 Å². The van der Waals surface area contributed by atoms with E-state index < -0.39 is 0 Å². The summed E-state index contributed by atoms with van der Waals surface area (Å²) in [5, 5.41) is 7.48. The lowest BCUT2D eigenvalue weighted by atomic mass is 9.93. The first-order valence-corrected chi connectivity index (χ1v) is 8.85. The number of H-pyrrole nitrogens is 1. The maximum absolute atomic E-state index is 12.9. The van der Waals surface area contributed by atoms with Crippen LogP contribution in [0.25, 0.3) is 0 Å². The minimum atomic E-state index is 0.0213. The number of benzene rings is 1. The van der Waals surface area contributed by atoms with Crippen molar-refractivity contribution in [1.29, 1.82) is 0 Å². The minimum absolute atomic E-state index is 0.0213. The van der Waals surface area contributed by atoms with E-state index in [2.05, 4.69) is 21.2 Å². The van der Waals surface area contributed by atoms with Gasteiger partial charge in [-0.05, 0) is 50.9 Å². The van der Waals surface area contributed by atoms with Gasteiger partial charge in [-0.1, -0.05) is 18.2 Å². The number of aryl methyl sites for hydroxylation is 1. The maximum Gasteiger partial charge on any atom is 0.244 e. The number of piperidine rings is 1. The molecule has 0 bridgehead atoms. The fourth-order valence-corrected chi connectivity index (χ4v) is 4.05. The lowest BCUT2D eigenvalue weighted by Crippen LogP contribution is -2.46. The van der Waals surface area contributed by atoms with E-state index in [4.69, 9.17) is 0 Å². The molecule has 5 heteroatoms. The number of hydrogen-bond acceptors (Lipinski definition) is 3. The number of rotatable bonds is 3. The normalized spacial score (nSPS) is 25.4. The molecule has 2 atom stereocenters. The molecule has 2 aliphatic rings. The largest absolute Gasteiger partial charge is 0.311 e. The van der Waals surface area contributed by atoms with E-state index in [0.717, 1.165) is 56.0 Å². The van der Waals surface area contributed by atoms with E-state index in [1.54, 1.807) is 0 Å². The van der Waals surface area contributed by atoms with E-state index in [-0.39, 0.29) is 11.9 Å². The summed E-state index contributed by atoms with van der Waals surface area (Å²) in [5.41, 5.74) is 3.26. The number of hydrogen-bond donors (Lipinski definition) is 1. The van der Waals surface area contributed by atoms with Crippen LogP contribution in [0.1, 0.15) is 36.6 Å². The van der Waals surface area contributed by atoms with E-state index in [1.165, 1.54) is 0 Å². The van der Waals surface area contributed by atoms with E-state index in [9.17, 15) is 4.79 Å². The zero-order chi connectivity index (χ0) is 16.5. The Morgan fingerprint density at radius 1 is 1.17 bits per heavy atom. The predicted octanol–water partition coefficient (Wildman–Crippen LogP) is 2.70. The van der Waals surface area contributed by atoms with Gasteiger partial charge in [0.15, 0.2) is 0 Å². The number of amides is 1. The van der Waals surface area contributed by atoms with Crippen LogP contribution in [-0.2, 0) is 4.79 Å². The molecule has 1 N–H and O–H groups in total. The fraction of sp³-hybridized carbons (Fsp3) is 0.474. The highest BCUT2D eigenvalue weighted by molar-refractivity contribution is 5.99. The highest BCUT2D eigenvalue weighted by Crippen LogP contribution is 2.31. The third-order valence-corrected chi connectivity index (χ3v) is 5.28. The molecular formula is C19H24N4O. The van der Waals surface area contributed by atoms with Crippen LogP contribution in [0.3, 0.4) is 0 Å². The standard InChI is InChI=1S/C19H24N4O/c1-14-12-17(21-20-14)15-6-5-10-22(13-15)18-9-11-23(19(18)24)16-7-3-2-4-8-16/h2-4,7-8,12,15,18H,5-6,9-11,13H2,1H3,(H,20,21)/t15-,18-/m0/s1. The van der Waals surface area contributed by atoms with Gasteiger partial charge in [-0.25, -0.2) is 0 Å². The maximum atomic E-state index is 12.9. The number of para-hydroxylation sites is 1. The summed E-state index contributed by atoms with van der Waals surface area (Å²) >= 11 is 0. The van der Waals surface area contributed by atoms with E-state index in [0.29, 0.717) is 5.92 Å². The molecule has 1 amide bonds. The molecule has 0 unspecified atom stereocenters. The molecule has 1 aromatic carbocycles. The first kappa shape index (κ1) is 15.4. The van der Waals surface area contributed by atoms with Crippen LogP contribution >= 0.6 is 0 Å². The van der Waals surface area contributed by atoms with Crippen LogP contribution in [0.5, 0.6) is 0 Å². The van der Waals surface area contributed by atoms with Crippen molar-refractivity contribution in [3.63, 3.8) is 0 Å².